The van der Waals surface area contributed by atoms with Gasteiger partial charge in [-0.15, -0.1) is 0 Å². The number of methoxy groups -OCH3 is 2. The lowest BCUT2D eigenvalue weighted by molar-refractivity contribution is 0.0954. The molecule has 0 spiro atoms. The minimum Gasteiger partial charge on any atom is -0.497 e. The smallest absolute Gasteiger partial charge is 0.251 e. The first-order valence-electron chi connectivity index (χ1n) is 9.42. The zero-order valence-electron chi connectivity index (χ0n) is 16.6. The second-order valence-electron chi connectivity index (χ2n) is 6.45. The third kappa shape index (κ3) is 5.72. The van der Waals surface area contributed by atoms with E-state index in [1.807, 2.05) is 48.5 Å². The standard InChI is InChI=1S/C23H25N3O3/c1-28-20-9-7-17(8-10-20)16-26-22-15-19(12-13-24-22)23(27)25-14-11-18-5-3-4-6-21(18)29-2/h3-10,12-13,15H,11,14,16H2,1-2H3,(H,24,26)(H,25,27). The van der Waals surface area contributed by atoms with Gasteiger partial charge < -0.3 is 20.1 Å². The molecule has 3 aromatic rings. The Bertz CT molecular complexity index is 942. The largest absolute Gasteiger partial charge is 0.497 e. The normalized spacial score (nSPS) is 10.3. The Hall–Kier alpha value is -3.54. The minimum atomic E-state index is -0.130. The first-order chi connectivity index (χ1) is 14.2. The maximum Gasteiger partial charge on any atom is 0.251 e. The van der Waals surface area contributed by atoms with Crippen LogP contribution in [0.4, 0.5) is 5.82 Å². The first kappa shape index (κ1) is 20.2. The molecule has 0 bridgehead atoms. The molecule has 6 heteroatoms. The molecule has 1 heterocycles. The maximum absolute atomic E-state index is 12.5. The van der Waals surface area contributed by atoms with Crippen molar-refractivity contribution >= 4 is 11.7 Å². The van der Waals surface area contributed by atoms with Gasteiger partial charge in [0.05, 0.1) is 14.2 Å². The molecule has 0 atom stereocenters. The van der Waals surface area contributed by atoms with Crippen LogP contribution in [-0.4, -0.2) is 31.7 Å². The number of para-hydroxylation sites is 1. The van der Waals surface area contributed by atoms with E-state index in [-0.39, 0.29) is 5.91 Å². The molecule has 0 unspecified atom stereocenters. The quantitative estimate of drug-likeness (QED) is 0.582. The number of amides is 1. The molecule has 150 valence electrons. The summed E-state index contributed by atoms with van der Waals surface area (Å²) >= 11 is 0. The van der Waals surface area contributed by atoms with Crippen LogP contribution in [0.3, 0.4) is 0 Å². The third-order valence-electron chi connectivity index (χ3n) is 4.53. The van der Waals surface area contributed by atoms with Gasteiger partial charge in [0.15, 0.2) is 0 Å². The van der Waals surface area contributed by atoms with E-state index in [1.165, 1.54) is 0 Å². The van der Waals surface area contributed by atoms with Crippen LogP contribution in [0.2, 0.25) is 0 Å². The van der Waals surface area contributed by atoms with E-state index >= 15 is 0 Å². The van der Waals surface area contributed by atoms with Crippen molar-refractivity contribution in [2.75, 3.05) is 26.1 Å². The molecule has 1 aromatic heterocycles. The summed E-state index contributed by atoms with van der Waals surface area (Å²) in [5.41, 5.74) is 2.73. The molecule has 0 aliphatic carbocycles. The highest BCUT2D eigenvalue weighted by molar-refractivity contribution is 5.94. The van der Waals surface area contributed by atoms with Crippen molar-refractivity contribution in [2.45, 2.75) is 13.0 Å². The van der Waals surface area contributed by atoms with Crippen molar-refractivity contribution < 1.29 is 14.3 Å². The fraction of sp³-hybridized carbons (Fsp3) is 0.217. The van der Waals surface area contributed by atoms with Crippen molar-refractivity contribution in [3.63, 3.8) is 0 Å². The van der Waals surface area contributed by atoms with Gasteiger partial charge in [-0.3, -0.25) is 4.79 Å². The summed E-state index contributed by atoms with van der Waals surface area (Å²) in [6.45, 7) is 1.13. The van der Waals surface area contributed by atoms with Crippen LogP contribution in [0, 0.1) is 0 Å². The topological polar surface area (TPSA) is 72.5 Å². The molecule has 6 nitrogen and oxygen atoms in total. The Morgan fingerprint density at radius 3 is 2.55 bits per heavy atom. The average molecular weight is 391 g/mol. The lowest BCUT2D eigenvalue weighted by atomic mass is 10.1. The van der Waals surface area contributed by atoms with Gasteiger partial charge in [-0.2, -0.15) is 0 Å². The number of ether oxygens (including phenoxy) is 2. The van der Waals surface area contributed by atoms with Gasteiger partial charge in [-0.1, -0.05) is 30.3 Å². The third-order valence-corrected chi connectivity index (χ3v) is 4.53. The number of anilines is 1. The monoisotopic (exact) mass is 391 g/mol. The van der Waals surface area contributed by atoms with E-state index < -0.39 is 0 Å². The Morgan fingerprint density at radius 2 is 1.79 bits per heavy atom. The molecule has 2 aromatic carbocycles. The molecule has 0 radical (unpaired) electrons. The zero-order valence-corrected chi connectivity index (χ0v) is 16.6. The Labute approximate surface area is 170 Å². The van der Waals surface area contributed by atoms with Gasteiger partial charge in [0.1, 0.15) is 17.3 Å². The molecular formula is C23H25N3O3. The molecule has 0 aliphatic heterocycles. The van der Waals surface area contributed by atoms with E-state index in [0.717, 1.165) is 22.6 Å². The summed E-state index contributed by atoms with van der Waals surface area (Å²) in [4.78, 5) is 16.8. The van der Waals surface area contributed by atoms with E-state index in [2.05, 4.69) is 15.6 Å². The predicted octanol–water partition coefficient (Wildman–Crippen LogP) is 3.68. The molecule has 0 saturated heterocycles. The number of hydrogen-bond acceptors (Lipinski definition) is 5. The maximum atomic E-state index is 12.5. The number of carbonyl (C=O) groups excluding carboxylic acids is 1. The fourth-order valence-corrected chi connectivity index (χ4v) is 2.93. The highest BCUT2D eigenvalue weighted by Crippen LogP contribution is 2.17. The second kappa shape index (κ2) is 10.1. The van der Waals surface area contributed by atoms with Gasteiger partial charge in [0.25, 0.3) is 5.91 Å². The lowest BCUT2D eigenvalue weighted by Gasteiger charge is -2.10. The second-order valence-corrected chi connectivity index (χ2v) is 6.45. The summed E-state index contributed by atoms with van der Waals surface area (Å²) in [7, 11) is 3.29. The summed E-state index contributed by atoms with van der Waals surface area (Å²) in [6.07, 6.45) is 2.33. The van der Waals surface area contributed by atoms with Crippen molar-refractivity contribution in [3.8, 4) is 11.5 Å². The number of pyridine rings is 1. The van der Waals surface area contributed by atoms with Crippen LogP contribution >= 0.6 is 0 Å². The molecule has 29 heavy (non-hydrogen) atoms. The Morgan fingerprint density at radius 1 is 1.00 bits per heavy atom. The van der Waals surface area contributed by atoms with Gasteiger partial charge in [0.2, 0.25) is 0 Å². The lowest BCUT2D eigenvalue weighted by Crippen LogP contribution is -2.26. The summed E-state index contributed by atoms with van der Waals surface area (Å²) in [5, 5.41) is 6.19. The number of carbonyl (C=O) groups is 1. The van der Waals surface area contributed by atoms with Crippen LogP contribution in [0.25, 0.3) is 0 Å². The van der Waals surface area contributed by atoms with Crippen molar-refractivity contribution in [1.82, 2.24) is 10.3 Å². The summed E-state index contributed by atoms with van der Waals surface area (Å²) < 4.78 is 10.5. The van der Waals surface area contributed by atoms with Crippen molar-refractivity contribution in [1.29, 1.82) is 0 Å². The Kier molecular flexibility index (Phi) is 7.05. The van der Waals surface area contributed by atoms with E-state index in [4.69, 9.17) is 9.47 Å². The summed E-state index contributed by atoms with van der Waals surface area (Å²) in [6, 6.07) is 19.1. The van der Waals surface area contributed by atoms with Gasteiger partial charge >= 0.3 is 0 Å². The number of rotatable bonds is 9. The number of benzene rings is 2. The number of nitrogens with zero attached hydrogens (tertiary/aromatic N) is 1. The molecule has 0 fully saturated rings. The zero-order chi connectivity index (χ0) is 20.5. The minimum absolute atomic E-state index is 0.130. The first-order valence-corrected chi connectivity index (χ1v) is 9.42. The molecule has 2 N–H and O–H groups in total. The van der Waals surface area contributed by atoms with Crippen LogP contribution in [0.5, 0.6) is 11.5 Å². The van der Waals surface area contributed by atoms with Crippen molar-refractivity contribution in [3.05, 3.63) is 83.6 Å². The number of nitrogens with one attached hydrogen (secondary N) is 2. The molecule has 1 amide bonds. The number of hydrogen-bond donors (Lipinski definition) is 2. The van der Waals surface area contributed by atoms with E-state index in [9.17, 15) is 4.79 Å². The van der Waals surface area contributed by atoms with Gasteiger partial charge in [-0.25, -0.2) is 4.98 Å². The van der Waals surface area contributed by atoms with Crippen molar-refractivity contribution in [2.24, 2.45) is 0 Å². The van der Waals surface area contributed by atoms with Gasteiger partial charge in [0, 0.05) is 24.8 Å². The Balaban J connectivity index is 1.53. The van der Waals surface area contributed by atoms with Crippen LogP contribution in [0.1, 0.15) is 21.5 Å². The molecular weight excluding hydrogens is 366 g/mol. The molecule has 0 saturated carbocycles. The molecule has 0 aliphatic rings. The highest BCUT2D eigenvalue weighted by atomic mass is 16.5. The van der Waals surface area contributed by atoms with Crippen LogP contribution in [0.15, 0.2) is 66.9 Å². The number of aromatic nitrogens is 1. The van der Waals surface area contributed by atoms with E-state index in [1.54, 1.807) is 32.5 Å². The van der Waals surface area contributed by atoms with Crippen LogP contribution < -0.4 is 20.1 Å². The summed E-state index contributed by atoms with van der Waals surface area (Å²) in [5.74, 6) is 2.17. The van der Waals surface area contributed by atoms with Crippen LogP contribution in [-0.2, 0) is 13.0 Å². The fourth-order valence-electron chi connectivity index (χ4n) is 2.93. The molecule has 3 rings (SSSR count). The van der Waals surface area contributed by atoms with Gasteiger partial charge in [-0.05, 0) is 47.9 Å². The average Bonchev–Trinajstić information content (AvgIpc) is 2.78. The predicted molar refractivity (Wildman–Crippen MR) is 114 cm³/mol. The SMILES string of the molecule is COc1ccc(CNc2cc(C(=O)NCCc3ccccc3OC)ccn2)cc1. The van der Waals surface area contributed by atoms with E-state index in [0.29, 0.717) is 30.9 Å². The highest BCUT2D eigenvalue weighted by Gasteiger charge is 2.08.